The fraction of sp³-hybridized carbons (Fsp3) is 0.562. The monoisotopic (exact) mass is 335 g/mol. The van der Waals surface area contributed by atoms with Crippen LogP contribution in [0.2, 0.25) is 0 Å². The van der Waals surface area contributed by atoms with E-state index >= 15 is 0 Å². The highest BCUT2D eigenvalue weighted by Crippen LogP contribution is 2.30. The van der Waals surface area contributed by atoms with Crippen molar-refractivity contribution in [2.24, 2.45) is 4.40 Å². The molecule has 0 spiro atoms. The Bertz CT molecular complexity index is 730. The number of rotatable bonds is 2. The highest BCUT2D eigenvalue weighted by atomic mass is 32.2. The molecular formula is C16H21N3O3S. The molecule has 7 heteroatoms. The summed E-state index contributed by atoms with van der Waals surface area (Å²) in [5, 5.41) is 3.18. The third kappa shape index (κ3) is 2.88. The Balaban J connectivity index is 1.56. The molecule has 1 aromatic rings. The molecule has 23 heavy (non-hydrogen) atoms. The predicted molar refractivity (Wildman–Crippen MR) is 88.3 cm³/mol. The summed E-state index contributed by atoms with van der Waals surface area (Å²) in [7, 11) is -3.60. The summed E-state index contributed by atoms with van der Waals surface area (Å²) in [6.07, 6.45) is 4.92. The average Bonchev–Trinajstić information content (AvgIpc) is 2.55. The van der Waals surface area contributed by atoms with Gasteiger partial charge in [-0.05, 0) is 25.0 Å². The molecule has 2 fully saturated rings. The number of nitrogens with zero attached hydrogens (tertiary/aromatic N) is 2. The molecule has 2 heterocycles. The summed E-state index contributed by atoms with van der Waals surface area (Å²) in [5.74, 6) is 0.509. The van der Waals surface area contributed by atoms with Gasteiger partial charge in [0.1, 0.15) is 10.7 Å². The maximum atomic E-state index is 12.3. The van der Waals surface area contributed by atoms with Crippen molar-refractivity contribution in [2.75, 3.05) is 25.0 Å². The van der Waals surface area contributed by atoms with E-state index in [-0.39, 0.29) is 11.0 Å². The molecule has 1 saturated heterocycles. The van der Waals surface area contributed by atoms with Gasteiger partial charge in [-0.3, -0.25) is 4.90 Å². The first kappa shape index (κ1) is 15.1. The number of sulfonamides is 1. The van der Waals surface area contributed by atoms with Crippen LogP contribution in [0.5, 0.6) is 0 Å². The van der Waals surface area contributed by atoms with E-state index in [1.807, 2.05) is 6.07 Å². The van der Waals surface area contributed by atoms with Crippen LogP contribution in [0.25, 0.3) is 0 Å². The highest BCUT2D eigenvalue weighted by molar-refractivity contribution is 7.90. The minimum Gasteiger partial charge on any atom is -0.375 e. The second-order valence-electron chi connectivity index (χ2n) is 6.37. The first-order chi connectivity index (χ1) is 11.1. The molecule has 4 rings (SSSR count). The van der Waals surface area contributed by atoms with E-state index in [0.29, 0.717) is 30.7 Å². The number of ether oxygens (including phenoxy) is 1. The molecule has 0 aromatic heterocycles. The number of fused-ring (bicyclic) bond motifs is 2. The van der Waals surface area contributed by atoms with Gasteiger partial charge < -0.3 is 10.1 Å². The molecule has 1 aromatic carbocycles. The van der Waals surface area contributed by atoms with Crippen molar-refractivity contribution >= 4 is 21.5 Å². The molecule has 0 bridgehead atoms. The van der Waals surface area contributed by atoms with Gasteiger partial charge in [0, 0.05) is 12.6 Å². The van der Waals surface area contributed by atoms with Gasteiger partial charge in [-0.2, -0.15) is 8.42 Å². The number of morpholine rings is 1. The second-order valence-corrected chi connectivity index (χ2v) is 7.94. The van der Waals surface area contributed by atoms with Gasteiger partial charge in [-0.25, -0.2) is 0 Å². The molecule has 2 atom stereocenters. The minimum atomic E-state index is -3.60. The lowest BCUT2D eigenvalue weighted by molar-refractivity contribution is -0.0827. The topological polar surface area (TPSA) is 71.0 Å². The van der Waals surface area contributed by atoms with Crippen LogP contribution < -0.4 is 5.32 Å². The quantitative estimate of drug-likeness (QED) is 0.893. The minimum absolute atomic E-state index is 0.251. The van der Waals surface area contributed by atoms with Crippen LogP contribution in [0.15, 0.2) is 33.6 Å². The lowest BCUT2D eigenvalue weighted by atomic mass is 9.90. The standard InChI is InChI=1S/C16H21N3O3S/c20-23(21)15-8-4-1-5-12(15)17-16(18-23)11-19-9-10-22-14-7-3-2-6-13(14)19/h1,4-5,8,13-14H,2-3,6-7,9-11H2,(H,17,18)/t13-,14+/m1/s1. The van der Waals surface area contributed by atoms with Crippen molar-refractivity contribution in [1.82, 2.24) is 4.90 Å². The van der Waals surface area contributed by atoms with E-state index in [2.05, 4.69) is 14.6 Å². The molecule has 6 nitrogen and oxygen atoms in total. The van der Waals surface area contributed by atoms with Crippen LogP contribution >= 0.6 is 0 Å². The molecule has 0 amide bonds. The van der Waals surface area contributed by atoms with Crippen LogP contribution in [-0.2, 0) is 14.8 Å². The third-order valence-electron chi connectivity index (χ3n) is 4.87. The van der Waals surface area contributed by atoms with E-state index < -0.39 is 10.0 Å². The van der Waals surface area contributed by atoms with Gasteiger partial charge >= 0.3 is 0 Å². The summed E-state index contributed by atoms with van der Waals surface area (Å²) in [4.78, 5) is 2.57. The Morgan fingerprint density at radius 3 is 3.00 bits per heavy atom. The predicted octanol–water partition coefficient (Wildman–Crippen LogP) is 1.84. The lowest BCUT2D eigenvalue weighted by Gasteiger charge is -2.44. The van der Waals surface area contributed by atoms with Gasteiger partial charge in [0.05, 0.1) is 24.9 Å². The zero-order valence-corrected chi connectivity index (χ0v) is 13.8. The summed E-state index contributed by atoms with van der Waals surface area (Å²) < 4.78 is 34.5. The number of benzene rings is 1. The van der Waals surface area contributed by atoms with Crippen molar-refractivity contribution in [1.29, 1.82) is 0 Å². The molecular weight excluding hydrogens is 314 g/mol. The zero-order valence-electron chi connectivity index (χ0n) is 12.9. The van der Waals surface area contributed by atoms with E-state index in [9.17, 15) is 8.42 Å². The maximum Gasteiger partial charge on any atom is 0.286 e. The Morgan fingerprint density at radius 2 is 2.09 bits per heavy atom. The average molecular weight is 335 g/mol. The van der Waals surface area contributed by atoms with Gasteiger partial charge in [0.25, 0.3) is 10.0 Å². The van der Waals surface area contributed by atoms with Gasteiger partial charge in [-0.15, -0.1) is 4.40 Å². The number of hydrogen-bond acceptors (Lipinski definition) is 5. The fourth-order valence-corrected chi connectivity index (χ4v) is 4.94. The van der Waals surface area contributed by atoms with Crippen LogP contribution in [0.3, 0.4) is 0 Å². The molecule has 1 N–H and O–H groups in total. The van der Waals surface area contributed by atoms with E-state index in [0.717, 1.165) is 19.4 Å². The molecule has 3 aliphatic rings. The summed E-state index contributed by atoms with van der Waals surface area (Å²) in [6, 6.07) is 7.29. The van der Waals surface area contributed by atoms with Crippen LogP contribution in [0.1, 0.15) is 25.7 Å². The van der Waals surface area contributed by atoms with Gasteiger partial charge in [0.2, 0.25) is 0 Å². The van der Waals surface area contributed by atoms with E-state index in [1.165, 1.54) is 12.8 Å². The van der Waals surface area contributed by atoms with E-state index in [1.54, 1.807) is 18.2 Å². The van der Waals surface area contributed by atoms with Crippen LogP contribution in [-0.4, -0.2) is 51.0 Å². The highest BCUT2D eigenvalue weighted by Gasteiger charge is 2.35. The van der Waals surface area contributed by atoms with Crippen LogP contribution in [0, 0.1) is 0 Å². The Kier molecular flexibility index (Phi) is 3.87. The fourth-order valence-electron chi connectivity index (χ4n) is 3.80. The zero-order chi connectivity index (χ0) is 15.9. The number of para-hydroxylation sites is 1. The molecule has 1 saturated carbocycles. The Labute approximate surface area is 136 Å². The summed E-state index contributed by atoms with van der Waals surface area (Å²) in [5.41, 5.74) is 0.617. The van der Waals surface area contributed by atoms with Crippen molar-refractivity contribution in [3.8, 4) is 0 Å². The maximum absolute atomic E-state index is 12.3. The molecule has 1 aliphatic carbocycles. The van der Waals surface area contributed by atoms with Crippen molar-refractivity contribution in [3.63, 3.8) is 0 Å². The Hall–Kier alpha value is -1.44. The number of nitrogens with one attached hydrogen (secondary N) is 1. The first-order valence-electron chi connectivity index (χ1n) is 8.19. The number of amidine groups is 1. The molecule has 2 aliphatic heterocycles. The first-order valence-corrected chi connectivity index (χ1v) is 9.63. The molecule has 0 radical (unpaired) electrons. The second kappa shape index (κ2) is 5.89. The van der Waals surface area contributed by atoms with Crippen molar-refractivity contribution in [2.45, 2.75) is 42.7 Å². The van der Waals surface area contributed by atoms with Crippen molar-refractivity contribution < 1.29 is 13.2 Å². The summed E-state index contributed by atoms with van der Waals surface area (Å²) in [6.45, 7) is 2.05. The van der Waals surface area contributed by atoms with Gasteiger partial charge in [0.15, 0.2) is 0 Å². The SMILES string of the molecule is O=S1(=O)N=C(CN2CCO[C@H]3CCCC[C@H]32)Nc2ccccc21. The number of hydrogen-bond donors (Lipinski definition) is 1. The smallest absolute Gasteiger partial charge is 0.286 e. The summed E-state index contributed by atoms with van der Waals surface area (Å²) >= 11 is 0. The van der Waals surface area contributed by atoms with Crippen LogP contribution in [0.4, 0.5) is 5.69 Å². The molecule has 0 unspecified atom stereocenters. The normalized spacial score (nSPS) is 29.8. The van der Waals surface area contributed by atoms with Crippen molar-refractivity contribution in [3.05, 3.63) is 24.3 Å². The largest absolute Gasteiger partial charge is 0.375 e. The number of anilines is 1. The lowest BCUT2D eigenvalue weighted by Crippen LogP contribution is -2.54. The third-order valence-corrected chi connectivity index (χ3v) is 6.25. The van der Waals surface area contributed by atoms with Gasteiger partial charge in [-0.1, -0.05) is 25.0 Å². The van der Waals surface area contributed by atoms with E-state index in [4.69, 9.17) is 4.74 Å². The Morgan fingerprint density at radius 1 is 1.26 bits per heavy atom. The molecule has 124 valence electrons.